The van der Waals surface area contributed by atoms with Gasteiger partial charge in [-0.05, 0) is 30.7 Å². The van der Waals surface area contributed by atoms with Crippen LogP contribution in [0, 0.1) is 11.8 Å². The van der Waals surface area contributed by atoms with Gasteiger partial charge in [0.1, 0.15) is 12.1 Å². The van der Waals surface area contributed by atoms with Crippen molar-refractivity contribution in [1.29, 1.82) is 0 Å². The van der Waals surface area contributed by atoms with Crippen LogP contribution in [0.25, 0.3) is 0 Å². The van der Waals surface area contributed by atoms with E-state index < -0.39 is 5.60 Å². The van der Waals surface area contributed by atoms with E-state index in [4.69, 9.17) is 0 Å². The van der Waals surface area contributed by atoms with E-state index >= 15 is 0 Å². The summed E-state index contributed by atoms with van der Waals surface area (Å²) in [5.74, 6) is 0.209. The van der Waals surface area contributed by atoms with Gasteiger partial charge in [0.05, 0.1) is 5.60 Å². The van der Waals surface area contributed by atoms with Crippen molar-refractivity contribution in [3.63, 3.8) is 0 Å². The minimum Gasteiger partial charge on any atom is -0.388 e. The predicted octanol–water partition coefficient (Wildman–Crippen LogP) is 3.76. The first-order valence-corrected chi connectivity index (χ1v) is 10.9. The van der Waals surface area contributed by atoms with Gasteiger partial charge < -0.3 is 20.2 Å². The lowest BCUT2D eigenvalue weighted by Gasteiger charge is -2.49. The average Bonchev–Trinajstić information content (AvgIpc) is 2.73. The van der Waals surface area contributed by atoms with Crippen molar-refractivity contribution >= 4 is 11.4 Å². The summed E-state index contributed by atoms with van der Waals surface area (Å²) >= 11 is 0. The smallest absolute Gasteiger partial charge is 0.117 e. The molecule has 1 fully saturated rings. The Bertz CT molecular complexity index is 778. The van der Waals surface area contributed by atoms with Gasteiger partial charge in [-0.3, -0.25) is 0 Å². The fourth-order valence-corrected chi connectivity index (χ4v) is 4.99. The second-order valence-electron chi connectivity index (χ2n) is 9.28. The minimum absolute atomic E-state index is 0.105. The van der Waals surface area contributed by atoms with Crippen LogP contribution in [0.15, 0.2) is 61.2 Å². The van der Waals surface area contributed by atoms with Gasteiger partial charge in [0.25, 0.3) is 0 Å². The van der Waals surface area contributed by atoms with Crippen LogP contribution in [0.5, 0.6) is 0 Å². The van der Waals surface area contributed by atoms with E-state index in [-0.39, 0.29) is 23.9 Å². The van der Waals surface area contributed by atoms with Gasteiger partial charge in [-0.1, -0.05) is 44.2 Å². The molecular formula is C26H38N3O+. The highest BCUT2D eigenvalue weighted by molar-refractivity contribution is 5.47. The number of nitrogens with zero attached hydrogens (tertiary/aromatic N) is 2. The standard InChI is InChI=1S/C26H37N3O/c1-8-17-26(30)18(2)24(20-9-13-22(14-10-20)28(4)5)27-25(19(26)3)21-11-15-23(16-12-21)29(6)7/h8-16,18-19,24-25,27,30H,1,17H2,2-7H3/p+1. The van der Waals surface area contributed by atoms with Crippen LogP contribution in [-0.2, 0) is 0 Å². The Kier molecular flexibility index (Phi) is 6.59. The summed E-state index contributed by atoms with van der Waals surface area (Å²) in [4.78, 5) is 4.23. The number of nitrogens with two attached hydrogens (primary N) is 1. The Labute approximate surface area is 182 Å². The molecule has 2 aromatic rings. The molecule has 1 aliphatic heterocycles. The summed E-state index contributed by atoms with van der Waals surface area (Å²) in [5.41, 5.74) is 4.10. The van der Waals surface area contributed by atoms with Gasteiger partial charge in [0, 0.05) is 62.5 Å². The first-order valence-electron chi connectivity index (χ1n) is 10.9. The Morgan fingerprint density at radius 3 is 1.50 bits per heavy atom. The fraction of sp³-hybridized carbons (Fsp3) is 0.462. The maximum absolute atomic E-state index is 11.8. The van der Waals surface area contributed by atoms with E-state index in [1.165, 1.54) is 22.5 Å². The third-order valence-electron chi connectivity index (χ3n) is 7.13. The Balaban J connectivity index is 1.99. The summed E-state index contributed by atoms with van der Waals surface area (Å²) in [5, 5.41) is 14.3. The molecule has 30 heavy (non-hydrogen) atoms. The zero-order valence-corrected chi connectivity index (χ0v) is 19.3. The Morgan fingerprint density at radius 1 is 0.833 bits per heavy atom. The lowest BCUT2D eigenvalue weighted by atomic mass is 9.64. The quantitative estimate of drug-likeness (QED) is 0.716. The first-order chi connectivity index (χ1) is 14.2. The number of hydrogen-bond acceptors (Lipinski definition) is 3. The monoisotopic (exact) mass is 408 g/mol. The van der Waals surface area contributed by atoms with Crippen LogP contribution >= 0.6 is 0 Å². The molecule has 3 rings (SSSR count). The summed E-state index contributed by atoms with van der Waals surface area (Å²) in [6.07, 6.45) is 2.47. The van der Waals surface area contributed by atoms with Crippen molar-refractivity contribution < 1.29 is 10.4 Å². The molecule has 0 aliphatic carbocycles. The van der Waals surface area contributed by atoms with E-state index in [2.05, 4.69) is 112 Å². The third-order valence-corrected chi connectivity index (χ3v) is 7.13. The number of aliphatic hydroxyl groups is 1. The highest BCUT2D eigenvalue weighted by Crippen LogP contribution is 2.44. The number of rotatable bonds is 6. The molecule has 0 radical (unpaired) electrons. The van der Waals surface area contributed by atoms with Gasteiger partial charge in [0.15, 0.2) is 0 Å². The SMILES string of the molecule is C=CCC1(O)C(C)C(c2ccc(N(C)C)cc2)[NH2+]C(c2ccc(N(C)C)cc2)C1C. The van der Waals surface area contributed by atoms with Crippen LogP contribution in [0.3, 0.4) is 0 Å². The maximum atomic E-state index is 11.8. The minimum atomic E-state index is -0.799. The lowest BCUT2D eigenvalue weighted by molar-refractivity contribution is -0.764. The topological polar surface area (TPSA) is 43.3 Å². The highest BCUT2D eigenvalue weighted by Gasteiger charge is 2.53. The molecule has 4 atom stereocenters. The van der Waals surface area contributed by atoms with E-state index in [1.54, 1.807) is 0 Å². The first kappa shape index (κ1) is 22.4. The van der Waals surface area contributed by atoms with E-state index in [0.717, 1.165) is 0 Å². The van der Waals surface area contributed by atoms with Crippen molar-refractivity contribution in [2.45, 2.75) is 38.0 Å². The van der Waals surface area contributed by atoms with Crippen LogP contribution in [-0.4, -0.2) is 38.9 Å². The second kappa shape index (κ2) is 8.83. The summed E-state index contributed by atoms with van der Waals surface area (Å²) in [6, 6.07) is 17.9. The number of piperidine rings is 1. The maximum Gasteiger partial charge on any atom is 0.117 e. The molecular weight excluding hydrogens is 370 g/mol. The number of hydrogen-bond donors (Lipinski definition) is 2. The van der Waals surface area contributed by atoms with Crippen LogP contribution in [0.1, 0.15) is 43.5 Å². The zero-order valence-electron chi connectivity index (χ0n) is 19.3. The zero-order chi connectivity index (χ0) is 22.1. The largest absolute Gasteiger partial charge is 0.388 e. The van der Waals surface area contributed by atoms with Gasteiger partial charge in [-0.25, -0.2) is 0 Å². The Hall–Kier alpha value is -2.30. The number of quaternary nitrogens is 1. The predicted molar refractivity (Wildman–Crippen MR) is 127 cm³/mol. The fourth-order valence-electron chi connectivity index (χ4n) is 4.99. The molecule has 0 aromatic heterocycles. The summed E-state index contributed by atoms with van der Waals surface area (Å²) < 4.78 is 0. The van der Waals surface area contributed by atoms with Gasteiger partial charge in [-0.2, -0.15) is 0 Å². The van der Waals surface area contributed by atoms with Crippen molar-refractivity contribution in [2.75, 3.05) is 38.0 Å². The molecule has 4 unspecified atom stereocenters. The Morgan fingerprint density at radius 2 is 1.20 bits per heavy atom. The molecule has 0 amide bonds. The molecule has 4 nitrogen and oxygen atoms in total. The average molecular weight is 409 g/mol. The molecule has 0 saturated carbocycles. The van der Waals surface area contributed by atoms with Crippen molar-refractivity contribution in [1.82, 2.24) is 0 Å². The second-order valence-corrected chi connectivity index (χ2v) is 9.28. The van der Waals surface area contributed by atoms with Crippen molar-refractivity contribution in [2.24, 2.45) is 11.8 Å². The summed E-state index contributed by atoms with van der Waals surface area (Å²) in [7, 11) is 8.23. The van der Waals surface area contributed by atoms with Gasteiger partial charge in [-0.15, -0.1) is 6.58 Å². The number of anilines is 2. The molecule has 0 spiro atoms. The van der Waals surface area contributed by atoms with E-state index in [1.807, 2.05) is 6.08 Å². The van der Waals surface area contributed by atoms with Crippen molar-refractivity contribution in [3.8, 4) is 0 Å². The van der Waals surface area contributed by atoms with E-state index in [9.17, 15) is 5.11 Å². The molecule has 1 aliphatic rings. The highest BCUT2D eigenvalue weighted by atomic mass is 16.3. The molecule has 2 aromatic carbocycles. The molecule has 1 heterocycles. The van der Waals surface area contributed by atoms with Crippen LogP contribution in [0.4, 0.5) is 11.4 Å². The molecule has 3 N–H and O–H groups in total. The van der Waals surface area contributed by atoms with Gasteiger partial charge >= 0.3 is 0 Å². The van der Waals surface area contributed by atoms with E-state index in [0.29, 0.717) is 6.42 Å². The number of benzene rings is 2. The normalized spacial score (nSPS) is 28.8. The molecule has 0 bridgehead atoms. The summed E-state index contributed by atoms with van der Waals surface area (Å²) in [6.45, 7) is 8.32. The van der Waals surface area contributed by atoms with Gasteiger partial charge in [0.2, 0.25) is 0 Å². The van der Waals surface area contributed by atoms with Crippen molar-refractivity contribution in [3.05, 3.63) is 72.3 Å². The molecule has 1 saturated heterocycles. The molecule has 162 valence electrons. The lowest BCUT2D eigenvalue weighted by Crippen LogP contribution is -2.93. The van der Waals surface area contributed by atoms with Crippen LogP contribution in [0.2, 0.25) is 0 Å². The molecule has 4 heteroatoms. The van der Waals surface area contributed by atoms with Crippen LogP contribution < -0.4 is 15.1 Å². The third kappa shape index (κ3) is 4.12.